The van der Waals surface area contributed by atoms with Crippen LogP contribution in [0.5, 0.6) is 0 Å². The summed E-state index contributed by atoms with van der Waals surface area (Å²) in [4.78, 5) is 7.71. The van der Waals surface area contributed by atoms with E-state index in [0.717, 1.165) is 0 Å². The standard InChI is InChI=1S/C12H17ClN6O2S/c1-7(2)6-22(20,21)11-9(5-19(3)18-11)16-10-8(13)4-15-12(14)17-10/h4-5,7H,6H2,1-3H3,(H3,14,15,16,17). The highest BCUT2D eigenvalue weighted by Crippen LogP contribution is 2.28. The molecule has 0 spiro atoms. The molecule has 8 nitrogen and oxygen atoms in total. The lowest BCUT2D eigenvalue weighted by molar-refractivity contribution is 0.575. The SMILES string of the molecule is CC(C)CS(=O)(=O)c1nn(C)cc1Nc1nc(N)ncc1Cl. The maximum absolute atomic E-state index is 12.4. The van der Waals surface area contributed by atoms with Crippen LogP contribution in [0, 0.1) is 5.92 Å². The van der Waals surface area contributed by atoms with Gasteiger partial charge in [0.25, 0.3) is 0 Å². The Balaban J connectivity index is 2.43. The molecule has 10 heteroatoms. The predicted molar refractivity (Wildman–Crippen MR) is 84.8 cm³/mol. The van der Waals surface area contributed by atoms with Gasteiger partial charge in [-0.1, -0.05) is 25.4 Å². The summed E-state index contributed by atoms with van der Waals surface area (Å²) in [5.74, 6) is 0.238. The first-order chi connectivity index (χ1) is 10.2. The Morgan fingerprint density at radius 2 is 2.14 bits per heavy atom. The predicted octanol–water partition coefficient (Wildman–Crippen LogP) is 1.62. The quantitative estimate of drug-likeness (QED) is 0.846. The highest BCUT2D eigenvalue weighted by atomic mass is 35.5. The van der Waals surface area contributed by atoms with Gasteiger partial charge in [-0.15, -0.1) is 0 Å². The number of nitrogen functional groups attached to an aromatic ring is 1. The number of aromatic nitrogens is 4. The van der Waals surface area contributed by atoms with Gasteiger partial charge in [0.2, 0.25) is 11.0 Å². The van der Waals surface area contributed by atoms with Gasteiger partial charge in [0.05, 0.1) is 17.6 Å². The average Bonchev–Trinajstić information content (AvgIpc) is 2.74. The van der Waals surface area contributed by atoms with Crippen molar-refractivity contribution in [2.75, 3.05) is 16.8 Å². The summed E-state index contributed by atoms with van der Waals surface area (Å²) in [6.07, 6.45) is 2.88. The van der Waals surface area contributed by atoms with E-state index in [1.807, 2.05) is 13.8 Å². The Morgan fingerprint density at radius 1 is 1.45 bits per heavy atom. The largest absolute Gasteiger partial charge is 0.368 e. The lowest BCUT2D eigenvalue weighted by Crippen LogP contribution is -2.14. The average molecular weight is 345 g/mol. The Hall–Kier alpha value is -1.87. The van der Waals surface area contributed by atoms with E-state index < -0.39 is 9.84 Å². The molecule has 0 fully saturated rings. The number of hydrogen-bond donors (Lipinski definition) is 2. The Bertz CT molecular complexity index is 787. The van der Waals surface area contributed by atoms with Crippen molar-refractivity contribution in [1.82, 2.24) is 19.7 Å². The molecule has 0 aromatic carbocycles. The van der Waals surface area contributed by atoms with Crippen molar-refractivity contribution in [3.63, 3.8) is 0 Å². The molecule has 0 saturated carbocycles. The first kappa shape index (κ1) is 16.5. The topological polar surface area (TPSA) is 116 Å². The molecule has 2 aromatic heterocycles. The van der Waals surface area contributed by atoms with E-state index in [9.17, 15) is 8.42 Å². The summed E-state index contributed by atoms with van der Waals surface area (Å²) in [5, 5.41) is 7.07. The van der Waals surface area contributed by atoms with Gasteiger partial charge in [0.1, 0.15) is 5.02 Å². The van der Waals surface area contributed by atoms with Crippen LogP contribution < -0.4 is 11.1 Å². The lowest BCUT2D eigenvalue weighted by Gasteiger charge is -2.09. The van der Waals surface area contributed by atoms with Crippen LogP contribution in [0.1, 0.15) is 13.8 Å². The van der Waals surface area contributed by atoms with E-state index in [1.165, 1.54) is 10.9 Å². The number of nitrogens with zero attached hydrogens (tertiary/aromatic N) is 4. The van der Waals surface area contributed by atoms with Crippen molar-refractivity contribution in [1.29, 1.82) is 0 Å². The molecule has 0 unspecified atom stereocenters. The molecular formula is C12H17ClN6O2S. The van der Waals surface area contributed by atoms with E-state index in [1.54, 1.807) is 13.2 Å². The minimum Gasteiger partial charge on any atom is -0.368 e. The molecule has 0 saturated heterocycles. The molecule has 120 valence electrons. The summed E-state index contributed by atoms with van der Waals surface area (Å²) in [6, 6.07) is 0. The van der Waals surface area contributed by atoms with E-state index in [0.29, 0.717) is 5.69 Å². The molecule has 0 aliphatic heterocycles. The van der Waals surface area contributed by atoms with Crippen molar-refractivity contribution in [3.05, 3.63) is 17.4 Å². The van der Waals surface area contributed by atoms with Crippen molar-refractivity contribution in [2.24, 2.45) is 13.0 Å². The van der Waals surface area contributed by atoms with E-state index >= 15 is 0 Å². The van der Waals surface area contributed by atoms with Crippen LogP contribution in [0.2, 0.25) is 5.02 Å². The number of anilines is 3. The third-order valence-electron chi connectivity index (χ3n) is 2.66. The molecule has 0 atom stereocenters. The summed E-state index contributed by atoms with van der Waals surface area (Å²) in [6.45, 7) is 3.66. The van der Waals surface area contributed by atoms with Crippen LogP contribution in [0.15, 0.2) is 17.4 Å². The second-order valence-corrected chi connectivity index (χ2v) is 7.60. The first-order valence-corrected chi connectivity index (χ1v) is 8.53. The molecule has 3 N–H and O–H groups in total. The fourth-order valence-electron chi connectivity index (χ4n) is 1.90. The minimum atomic E-state index is -3.52. The lowest BCUT2D eigenvalue weighted by atomic mass is 10.3. The van der Waals surface area contributed by atoms with Crippen molar-refractivity contribution < 1.29 is 8.42 Å². The summed E-state index contributed by atoms with van der Waals surface area (Å²) in [7, 11) is -1.89. The Labute approximate surface area is 133 Å². The zero-order valence-corrected chi connectivity index (χ0v) is 14.0. The number of sulfone groups is 1. The summed E-state index contributed by atoms with van der Waals surface area (Å²) in [5.41, 5.74) is 5.81. The Kier molecular flexibility index (Phi) is 4.57. The van der Waals surface area contributed by atoms with Gasteiger partial charge >= 0.3 is 0 Å². The molecule has 0 amide bonds. The fourth-order valence-corrected chi connectivity index (χ4v) is 3.76. The van der Waals surface area contributed by atoms with Crippen molar-refractivity contribution in [3.8, 4) is 0 Å². The van der Waals surface area contributed by atoms with Crippen LogP contribution in [0.4, 0.5) is 17.5 Å². The third-order valence-corrected chi connectivity index (χ3v) is 4.93. The minimum absolute atomic E-state index is 0.00165. The fraction of sp³-hybridized carbons (Fsp3) is 0.417. The Morgan fingerprint density at radius 3 is 2.77 bits per heavy atom. The molecular weight excluding hydrogens is 328 g/mol. The summed E-state index contributed by atoms with van der Waals surface area (Å²) >= 11 is 5.98. The van der Waals surface area contributed by atoms with Gasteiger partial charge in [0, 0.05) is 13.2 Å². The molecule has 0 bridgehead atoms. The zero-order chi connectivity index (χ0) is 16.5. The monoisotopic (exact) mass is 344 g/mol. The van der Waals surface area contributed by atoms with Crippen molar-refractivity contribution in [2.45, 2.75) is 18.9 Å². The highest BCUT2D eigenvalue weighted by molar-refractivity contribution is 7.91. The number of nitrogens with one attached hydrogen (secondary N) is 1. The third kappa shape index (κ3) is 3.66. The number of halogens is 1. The van der Waals surface area contributed by atoms with Crippen LogP contribution in [0.3, 0.4) is 0 Å². The van der Waals surface area contributed by atoms with Crippen LogP contribution >= 0.6 is 11.6 Å². The normalized spacial score (nSPS) is 11.9. The van der Waals surface area contributed by atoms with E-state index in [-0.39, 0.29) is 33.5 Å². The van der Waals surface area contributed by atoms with Crippen LogP contribution in [0.25, 0.3) is 0 Å². The highest BCUT2D eigenvalue weighted by Gasteiger charge is 2.24. The van der Waals surface area contributed by atoms with E-state index in [4.69, 9.17) is 17.3 Å². The maximum atomic E-state index is 12.4. The van der Waals surface area contributed by atoms with E-state index in [2.05, 4.69) is 20.4 Å². The second kappa shape index (κ2) is 6.09. The zero-order valence-electron chi connectivity index (χ0n) is 12.4. The van der Waals surface area contributed by atoms with Gasteiger partial charge in [-0.25, -0.2) is 13.4 Å². The van der Waals surface area contributed by atoms with Gasteiger partial charge in [0.15, 0.2) is 15.7 Å². The number of rotatable bonds is 5. The molecule has 2 rings (SSSR count). The summed E-state index contributed by atoms with van der Waals surface area (Å²) < 4.78 is 26.2. The molecule has 2 heterocycles. The first-order valence-electron chi connectivity index (χ1n) is 6.50. The molecule has 22 heavy (non-hydrogen) atoms. The van der Waals surface area contributed by atoms with Gasteiger partial charge in [-0.3, -0.25) is 4.68 Å². The molecule has 2 aromatic rings. The molecule has 0 aliphatic rings. The van der Waals surface area contributed by atoms with Crippen LogP contribution in [-0.2, 0) is 16.9 Å². The number of aryl methyl sites for hydroxylation is 1. The second-order valence-electron chi connectivity index (χ2n) is 5.25. The molecule has 0 aliphatic carbocycles. The van der Waals surface area contributed by atoms with Gasteiger partial charge in [-0.05, 0) is 5.92 Å². The molecule has 0 radical (unpaired) electrons. The van der Waals surface area contributed by atoms with Gasteiger partial charge < -0.3 is 11.1 Å². The smallest absolute Gasteiger partial charge is 0.222 e. The maximum Gasteiger partial charge on any atom is 0.222 e. The van der Waals surface area contributed by atoms with Crippen molar-refractivity contribution >= 4 is 38.9 Å². The number of hydrogen-bond acceptors (Lipinski definition) is 7. The number of nitrogens with two attached hydrogens (primary N) is 1. The van der Waals surface area contributed by atoms with Crippen LogP contribution in [-0.4, -0.2) is 33.9 Å². The van der Waals surface area contributed by atoms with Gasteiger partial charge in [-0.2, -0.15) is 10.1 Å².